The minimum atomic E-state index is -0.741. The number of halogens is 1. The predicted octanol–water partition coefficient (Wildman–Crippen LogP) is 9.29. The molecule has 3 fully saturated rings. The van der Waals surface area contributed by atoms with Crippen LogP contribution in [0.4, 0.5) is 14.0 Å². The van der Waals surface area contributed by atoms with Crippen molar-refractivity contribution in [3.8, 4) is 17.0 Å². The summed E-state index contributed by atoms with van der Waals surface area (Å²) in [7, 11) is 2.59. The van der Waals surface area contributed by atoms with Crippen LogP contribution in [0.5, 0.6) is 5.75 Å². The van der Waals surface area contributed by atoms with Crippen molar-refractivity contribution in [1.82, 2.24) is 25.0 Å². The zero-order valence-electron chi connectivity index (χ0n) is 41.0. The number of ether oxygens (including phenoxy) is 4. The van der Waals surface area contributed by atoms with Gasteiger partial charge < -0.3 is 39.4 Å². The van der Waals surface area contributed by atoms with Gasteiger partial charge in [-0.2, -0.15) is 0 Å². The number of rotatable bonds is 13. The number of hydrogen-bond acceptors (Lipinski definition) is 11. The van der Waals surface area contributed by atoms with Crippen LogP contribution in [0.15, 0.2) is 70.9 Å². The van der Waals surface area contributed by atoms with Crippen LogP contribution in [0.1, 0.15) is 106 Å². The SMILES string of the molecule is CCCc1ccc(C2Oc3cc(C4=CN=C([C@@H]5CCCN5C(=O)[C@@H](NC(=O)OC)C(C)C)C4)cc(F)c3-c3cc4cc(C5=CN=C([C@@H]6CCCN6C(=O)[C@@H](NC(=O)OC)C6CCOCC6)C5)ccc4n32)s1. The second kappa shape index (κ2) is 20.4. The van der Waals surface area contributed by atoms with Gasteiger partial charge in [-0.25, -0.2) is 14.0 Å². The van der Waals surface area contributed by atoms with Crippen molar-refractivity contribution in [1.29, 1.82) is 0 Å². The number of aryl methyl sites for hydroxylation is 1. The van der Waals surface area contributed by atoms with Gasteiger partial charge in [0.25, 0.3) is 0 Å². The van der Waals surface area contributed by atoms with Crippen molar-refractivity contribution in [2.75, 3.05) is 40.5 Å². The molecule has 374 valence electrons. The highest BCUT2D eigenvalue weighted by Crippen LogP contribution is 2.48. The second-order valence-electron chi connectivity index (χ2n) is 19.7. The lowest BCUT2D eigenvalue weighted by Crippen LogP contribution is -2.55. The molecular weight excluding hydrogens is 926 g/mol. The summed E-state index contributed by atoms with van der Waals surface area (Å²) in [6, 6.07) is 14.2. The Bertz CT molecular complexity index is 2880. The molecular formula is C54H62FN7O8S. The second-order valence-corrected chi connectivity index (χ2v) is 20.9. The first-order valence-corrected chi connectivity index (χ1v) is 25.9. The molecule has 0 spiro atoms. The number of aromatic nitrogens is 1. The van der Waals surface area contributed by atoms with E-state index in [0.717, 1.165) is 82.4 Å². The fourth-order valence-electron chi connectivity index (χ4n) is 11.3. The van der Waals surface area contributed by atoms with Crippen molar-refractivity contribution in [3.63, 3.8) is 0 Å². The Morgan fingerprint density at radius 2 is 1.48 bits per heavy atom. The normalized spacial score (nSPS) is 21.8. The number of alkyl carbamates (subject to hydrolysis) is 2. The number of methoxy groups -OCH3 is 2. The lowest BCUT2D eigenvalue weighted by Gasteiger charge is -2.34. The molecule has 2 N–H and O–H groups in total. The maximum atomic E-state index is 17.0. The third-order valence-corrected chi connectivity index (χ3v) is 16.2. The first kappa shape index (κ1) is 48.3. The fourth-order valence-corrected chi connectivity index (χ4v) is 12.5. The Kier molecular flexibility index (Phi) is 13.9. The van der Waals surface area contributed by atoms with Crippen molar-refractivity contribution in [2.45, 2.75) is 115 Å². The number of aliphatic imine (C=N–C) groups is 2. The molecule has 6 aliphatic heterocycles. The molecule has 5 atom stereocenters. The Morgan fingerprint density at radius 3 is 2.14 bits per heavy atom. The summed E-state index contributed by atoms with van der Waals surface area (Å²) in [6.07, 6.45) is 9.36. The summed E-state index contributed by atoms with van der Waals surface area (Å²) in [5, 5.41) is 6.49. The molecule has 0 radical (unpaired) electrons. The molecule has 1 unspecified atom stereocenters. The van der Waals surface area contributed by atoms with Crippen LogP contribution in [-0.2, 0) is 30.2 Å². The number of likely N-dealkylation sites (tertiary alicyclic amines) is 2. The molecule has 17 heteroatoms. The third-order valence-electron chi connectivity index (χ3n) is 15.0. The van der Waals surface area contributed by atoms with Gasteiger partial charge in [0.15, 0.2) is 0 Å². The number of benzene rings is 2. The van der Waals surface area contributed by atoms with Gasteiger partial charge in [-0.1, -0.05) is 33.3 Å². The van der Waals surface area contributed by atoms with Crippen LogP contribution in [0, 0.1) is 17.7 Å². The van der Waals surface area contributed by atoms with E-state index in [-0.39, 0.29) is 35.7 Å². The van der Waals surface area contributed by atoms with Gasteiger partial charge in [-0.3, -0.25) is 24.1 Å². The lowest BCUT2D eigenvalue weighted by atomic mass is 9.90. The number of amides is 4. The molecule has 0 aliphatic carbocycles. The number of carbonyl (C=O) groups excluding carboxylic acids is 4. The Hall–Kier alpha value is -6.33. The molecule has 2 aromatic heterocycles. The van der Waals surface area contributed by atoms with E-state index >= 15 is 4.39 Å². The number of allylic oxidation sites excluding steroid dienone is 2. The van der Waals surface area contributed by atoms with Crippen molar-refractivity contribution < 1.29 is 42.5 Å². The van der Waals surface area contributed by atoms with E-state index in [4.69, 9.17) is 28.9 Å². The summed E-state index contributed by atoms with van der Waals surface area (Å²) < 4.78 is 41.3. The highest BCUT2D eigenvalue weighted by molar-refractivity contribution is 7.12. The molecule has 4 aromatic rings. The minimum absolute atomic E-state index is 0.0504. The average molecular weight is 988 g/mol. The van der Waals surface area contributed by atoms with Gasteiger partial charge in [0.05, 0.1) is 48.0 Å². The van der Waals surface area contributed by atoms with E-state index < -0.39 is 36.3 Å². The molecule has 0 bridgehead atoms. The van der Waals surface area contributed by atoms with Crippen LogP contribution in [0.25, 0.3) is 33.3 Å². The number of nitrogens with one attached hydrogen (secondary N) is 2. The quantitative estimate of drug-likeness (QED) is 0.134. The van der Waals surface area contributed by atoms with Crippen molar-refractivity contribution in [3.05, 3.63) is 87.6 Å². The molecule has 8 heterocycles. The van der Waals surface area contributed by atoms with Crippen LogP contribution in [0.3, 0.4) is 0 Å². The van der Waals surface area contributed by atoms with Crippen LogP contribution in [-0.4, -0.2) is 114 Å². The van der Waals surface area contributed by atoms with Gasteiger partial charge in [-0.15, -0.1) is 11.3 Å². The summed E-state index contributed by atoms with van der Waals surface area (Å²) in [6.45, 7) is 8.17. The lowest BCUT2D eigenvalue weighted by molar-refractivity contribution is -0.135. The first-order chi connectivity index (χ1) is 34.4. The Balaban J connectivity index is 0.904. The molecule has 15 nitrogen and oxygen atoms in total. The van der Waals surface area contributed by atoms with E-state index in [9.17, 15) is 19.2 Å². The number of thiophene rings is 1. The standard InChI is InChI=1S/C54H62FN7O8S/c1-6-9-37-13-15-46(71-37)52-62-41-14-12-32(35-24-39(56-28-35)43-11-8-19-61(43)51(64)49(59-54(66)68-5)31-16-20-69-21-17-31)22-34(41)26-44(62)47-38(55)23-33(27-45(47)70-52)36-25-40(57-29-36)42-10-7-18-60(42)50(63)48(30(2)3)58-53(65)67-4/h12-15,22-23,26-31,42-43,48-49,52H,6-11,16-21,24-25H2,1-5H3,(H,58,65)(H,59,66)/t42-,43-,48-,49-,52?/m0/s1. The summed E-state index contributed by atoms with van der Waals surface area (Å²) >= 11 is 1.71. The van der Waals surface area contributed by atoms with Crippen molar-refractivity contribution >= 4 is 68.8 Å². The molecule has 4 amide bonds. The molecule has 6 aliphatic rings. The van der Waals surface area contributed by atoms with Crippen LogP contribution < -0.4 is 15.4 Å². The zero-order valence-corrected chi connectivity index (χ0v) is 41.8. The Labute approximate surface area is 417 Å². The molecule has 71 heavy (non-hydrogen) atoms. The number of carbonyl (C=O) groups is 4. The van der Waals surface area contributed by atoms with Crippen LogP contribution in [0.2, 0.25) is 0 Å². The average Bonchev–Trinajstić information content (AvgIpc) is 4.24. The maximum absolute atomic E-state index is 17.0. The molecule has 2 aromatic carbocycles. The molecule has 10 rings (SSSR count). The highest BCUT2D eigenvalue weighted by Gasteiger charge is 2.42. The smallest absolute Gasteiger partial charge is 0.407 e. The Morgan fingerprint density at radius 1 is 0.817 bits per heavy atom. The van der Waals surface area contributed by atoms with Gasteiger partial charge in [0.1, 0.15) is 23.7 Å². The fraction of sp³-hybridized carbons (Fsp3) is 0.481. The number of hydrogen-bond donors (Lipinski definition) is 2. The van der Waals surface area contributed by atoms with E-state index in [0.29, 0.717) is 74.6 Å². The highest BCUT2D eigenvalue weighted by atomic mass is 32.1. The third kappa shape index (κ3) is 9.38. The zero-order chi connectivity index (χ0) is 49.5. The van der Waals surface area contributed by atoms with Gasteiger partial charge in [0, 0.05) is 73.2 Å². The molecule has 0 saturated carbocycles. The summed E-state index contributed by atoms with van der Waals surface area (Å²) in [4.78, 5) is 68.4. The van der Waals surface area contributed by atoms with E-state index in [1.54, 1.807) is 23.6 Å². The van der Waals surface area contributed by atoms with E-state index in [1.165, 1.54) is 19.1 Å². The van der Waals surface area contributed by atoms with Crippen molar-refractivity contribution in [2.24, 2.45) is 21.8 Å². The first-order valence-electron chi connectivity index (χ1n) is 25.1. The maximum Gasteiger partial charge on any atom is 0.407 e. The molecule has 3 saturated heterocycles. The predicted molar refractivity (Wildman–Crippen MR) is 271 cm³/mol. The largest absolute Gasteiger partial charge is 0.464 e. The monoisotopic (exact) mass is 987 g/mol. The number of nitrogens with zero attached hydrogens (tertiary/aromatic N) is 5. The minimum Gasteiger partial charge on any atom is -0.464 e. The van der Waals surface area contributed by atoms with Crippen LogP contribution >= 0.6 is 11.3 Å². The van der Waals surface area contributed by atoms with E-state index in [1.807, 2.05) is 35.9 Å². The van der Waals surface area contributed by atoms with Gasteiger partial charge >= 0.3 is 12.2 Å². The van der Waals surface area contributed by atoms with E-state index in [2.05, 4.69) is 58.5 Å². The summed E-state index contributed by atoms with van der Waals surface area (Å²) in [5.74, 6) is -0.451. The van der Waals surface area contributed by atoms with Gasteiger partial charge in [0.2, 0.25) is 18.0 Å². The number of fused-ring (bicyclic) bond motifs is 5. The van der Waals surface area contributed by atoms with Gasteiger partial charge in [-0.05, 0) is 122 Å². The topological polar surface area (TPSA) is 165 Å². The summed E-state index contributed by atoms with van der Waals surface area (Å²) in [5.41, 5.74) is 7.27.